The normalized spacial score (nSPS) is 25.1. The van der Waals surface area contributed by atoms with Crippen molar-refractivity contribution in [2.45, 2.75) is 32.6 Å². The van der Waals surface area contributed by atoms with Crippen LogP contribution < -0.4 is 10.5 Å². The molecular formula is C14H22N2O2. The van der Waals surface area contributed by atoms with Gasteiger partial charge in [-0.05, 0) is 25.5 Å². The van der Waals surface area contributed by atoms with Crippen LogP contribution in [0.2, 0.25) is 0 Å². The molecular weight excluding hydrogens is 228 g/mol. The van der Waals surface area contributed by atoms with Gasteiger partial charge in [-0.1, -0.05) is 6.07 Å². The fourth-order valence-corrected chi connectivity index (χ4v) is 2.50. The van der Waals surface area contributed by atoms with Gasteiger partial charge in [-0.15, -0.1) is 0 Å². The van der Waals surface area contributed by atoms with Crippen molar-refractivity contribution in [1.82, 2.24) is 4.90 Å². The average molecular weight is 250 g/mol. The summed E-state index contributed by atoms with van der Waals surface area (Å²) in [6.07, 6.45) is 0.571. The topological polar surface area (TPSA) is 47.7 Å². The lowest BCUT2D eigenvalue weighted by molar-refractivity contribution is -0.0704. The number of nitrogen functional groups attached to an aromatic ring is 1. The number of morpholine rings is 1. The van der Waals surface area contributed by atoms with E-state index in [-0.39, 0.29) is 12.2 Å². The number of anilines is 1. The van der Waals surface area contributed by atoms with E-state index in [1.54, 1.807) is 7.11 Å². The van der Waals surface area contributed by atoms with E-state index in [1.807, 2.05) is 18.2 Å². The Morgan fingerprint density at radius 2 is 2.00 bits per heavy atom. The summed E-state index contributed by atoms with van der Waals surface area (Å²) >= 11 is 0. The van der Waals surface area contributed by atoms with Crippen molar-refractivity contribution in [3.63, 3.8) is 0 Å². The smallest absolute Gasteiger partial charge is 0.120 e. The Kier molecular flexibility index (Phi) is 4.09. The SMILES string of the molecule is COc1ccc(CN2CC(C)OC(C)C2)c(N)c1. The van der Waals surface area contributed by atoms with Crippen LogP contribution in [0, 0.1) is 0 Å². The number of nitrogens with zero attached hydrogens (tertiary/aromatic N) is 1. The second-order valence-corrected chi connectivity index (χ2v) is 5.02. The second-order valence-electron chi connectivity index (χ2n) is 5.02. The van der Waals surface area contributed by atoms with Crippen molar-refractivity contribution in [3.05, 3.63) is 23.8 Å². The van der Waals surface area contributed by atoms with Gasteiger partial charge < -0.3 is 15.2 Å². The van der Waals surface area contributed by atoms with Crippen molar-refractivity contribution in [1.29, 1.82) is 0 Å². The first-order valence-corrected chi connectivity index (χ1v) is 6.38. The molecule has 2 N–H and O–H groups in total. The molecule has 2 rings (SSSR count). The molecule has 1 aliphatic rings. The van der Waals surface area contributed by atoms with Gasteiger partial charge in [-0.3, -0.25) is 4.90 Å². The Morgan fingerprint density at radius 3 is 2.56 bits per heavy atom. The minimum atomic E-state index is 0.285. The summed E-state index contributed by atoms with van der Waals surface area (Å²) in [5, 5.41) is 0. The highest BCUT2D eigenvalue weighted by Gasteiger charge is 2.22. The van der Waals surface area contributed by atoms with Crippen LogP contribution in [0.3, 0.4) is 0 Å². The van der Waals surface area contributed by atoms with Crippen LogP contribution in [0.4, 0.5) is 5.69 Å². The summed E-state index contributed by atoms with van der Waals surface area (Å²) < 4.78 is 10.9. The average Bonchev–Trinajstić information content (AvgIpc) is 2.30. The van der Waals surface area contributed by atoms with Crippen molar-refractivity contribution >= 4 is 5.69 Å². The first-order valence-electron chi connectivity index (χ1n) is 6.38. The fraction of sp³-hybridized carbons (Fsp3) is 0.571. The summed E-state index contributed by atoms with van der Waals surface area (Å²) in [5.41, 5.74) is 7.99. The van der Waals surface area contributed by atoms with E-state index in [9.17, 15) is 0 Å². The number of hydrogen-bond acceptors (Lipinski definition) is 4. The zero-order valence-electron chi connectivity index (χ0n) is 11.3. The lowest BCUT2D eigenvalue weighted by Crippen LogP contribution is -2.44. The molecule has 0 radical (unpaired) electrons. The summed E-state index contributed by atoms with van der Waals surface area (Å²) in [6, 6.07) is 5.88. The van der Waals surface area contributed by atoms with Crippen LogP contribution in [-0.4, -0.2) is 37.3 Å². The molecule has 1 aromatic carbocycles. The number of benzene rings is 1. The van der Waals surface area contributed by atoms with Crippen molar-refractivity contribution in [3.8, 4) is 5.75 Å². The van der Waals surface area contributed by atoms with Crippen molar-refractivity contribution < 1.29 is 9.47 Å². The maximum atomic E-state index is 6.05. The van der Waals surface area contributed by atoms with Gasteiger partial charge in [0.05, 0.1) is 19.3 Å². The summed E-state index contributed by atoms with van der Waals surface area (Å²) in [4.78, 5) is 2.39. The molecule has 1 aliphatic heterocycles. The third-order valence-electron chi connectivity index (χ3n) is 3.24. The quantitative estimate of drug-likeness (QED) is 0.832. The molecule has 1 saturated heterocycles. The third kappa shape index (κ3) is 3.15. The summed E-state index contributed by atoms with van der Waals surface area (Å²) in [7, 11) is 1.65. The highest BCUT2D eigenvalue weighted by atomic mass is 16.5. The van der Waals surface area contributed by atoms with Crippen LogP contribution >= 0.6 is 0 Å². The molecule has 100 valence electrons. The minimum absolute atomic E-state index is 0.285. The van der Waals surface area contributed by atoms with Crippen molar-refractivity contribution in [2.75, 3.05) is 25.9 Å². The molecule has 0 aromatic heterocycles. The highest BCUT2D eigenvalue weighted by molar-refractivity contribution is 5.51. The summed E-state index contributed by atoms with van der Waals surface area (Å²) in [5.74, 6) is 0.806. The number of methoxy groups -OCH3 is 1. The van der Waals surface area contributed by atoms with E-state index < -0.39 is 0 Å². The molecule has 0 spiro atoms. The Hall–Kier alpha value is -1.26. The first kappa shape index (κ1) is 13.2. The van der Waals surface area contributed by atoms with Crippen molar-refractivity contribution in [2.24, 2.45) is 0 Å². The van der Waals surface area contributed by atoms with Gasteiger partial charge in [0.25, 0.3) is 0 Å². The second kappa shape index (κ2) is 5.59. The Morgan fingerprint density at radius 1 is 1.33 bits per heavy atom. The van der Waals surface area contributed by atoms with Crippen LogP contribution in [0.25, 0.3) is 0 Å². The molecule has 1 heterocycles. The summed E-state index contributed by atoms with van der Waals surface area (Å²) in [6.45, 7) is 7.00. The van der Waals surface area contributed by atoms with Crippen LogP contribution in [0.15, 0.2) is 18.2 Å². The molecule has 0 bridgehead atoms. The predicted octanol–water partition coefficient (Wildman–Crippen LogP) is 1.89. The zero-order chi connectivity index (χ0) is 13.1. The van der Waals surface area contributed by atoms with Crippen LogP contribution in [-0.2, 0) is 11.3 Å². The molecule has 2 unspecified atom stereocenters. The lowest BCUT2D eigenvalue weighted by atomic mass is 10.1. The number of rotatable bonds is 3. The van der Waals surface area contributed by atoms with Gasteiger partial charge in [0, 0.05) is 31.4 Å². The largest absolute Gasteiger partial charge is 0.497 e. The van der Waals surface area contributed by atoms with Crippen LogP contribution in [0.5, 0.6) is 5.75 Å². The predicted molar refractivity (Wildman–Crippen MR) is 72.7 cm³/mol. The Balaban J connectivity index is 2.04. The maximum Gasteiger partial charge on any atom is 0.120 e. The number of hydrogen-bond donors (Lipinski definition) is 1. The fourth-order valence-electron chi connectivity index (χ4n) is 2.50. The number of ether oxygens (including phenoxy) is 2. The molecule has 4 nitrogen and oxygen atoms in total. The monoisotopic (exact) mass is 250 g/mol. The van der Waals surface area contributed by atoms with Gasteiger partial charge in [-0.2, -0.15) is 0 Å². The van der Waals surface area contributed by atoms with Gasteiger partial charge in [0.2, 0.25) is 0 Å². The lowest BCUT2D eigenvalue weighted by Gasteiger charge is -2.35. The molecule has 0 amide bonds. The van der Waals surface area contributed by atoms with Gasteiger partial charge in [-0.25, -0.2) is 0 Å². The molecule has 2 atom stereocenters. The first-order chi connectivity index (χ1) is 8.58. The van der Waals surface area contributed by atoms with E-state index in [4.69, 9.17) is 15.2 Å². The molecule has 1 aromatic rings. The maximum absolute atomic E-state index is 6.05. The highest BCUT2D eigenvalue weighted by Crippen LogP contribution is 2.22. The van der Waals surface area contributed by atoms with E-state index in [1.165, 1.54) is 0 Å². The van der Waals surface area contributed by atoms with Crippen LogP contribution in [0.1, 0.15) is 19.4 Å². The van der Waals surface area contributed by atoms with E-state index >= 15 is 0 Å². The molecule has 1 fully saturated rings. The van der Waals surface area contributed by atoms with Gasteiger partial charge in [0.1, 0.15) is 5.75 Å². The molecule has 4 heteroatoms. The Labute approximate surface area is 109 Å². The van der Waals surface area contributed by atoms with E-state index in [0.717, 1.165) is 36.6 Å². The third-order valence-corrected chi connectivity index (χ3v) is 3.24. The zero-order valence-corrected chi connectivity index (χ0v) is 11.3. The minimum Gasteiger partial charge on any atom is -0.497 e. The van der Waals surface area contributed by atoms with E-state index in [0.29, 0.717) is 0 Å². The van der Waals surface area contributed by atoms with E-state index in [2.05, 4.69) is 18.7 Å². The molecule has 0 aliphatic carbocycles. The number of nitrogens with two attached hydrogens (primary N) is 1. The van der Waals surface area contributed by atoms with Gasteiger partial charge in [0.15, 0.2) is 0 Å². The standard InChI is InChI=1S/C14H22N2O2/c1-10-7-16(8-11(2)18-10)9-12-4-5-13(17-3)6-14(12)15/h4-6,10-11H,7-9,15H2,1-3H3. The molecule has 18 heavy (non-hydrogen) atoms. The molecule has 0 saturated carbocycles. The van der Waals surface area contributed by atoms with Gasteiger partial charge >= 0.3 is 0 Å². The Bertz CT molecular complexity index is 399.